The van der Waals surface area contributed by atoms with E-state index >= 15 is 0 Å². The van der Waals surface area contributed by atoms with Crippen molar-refractivity contribution in [2.45, 2.75) is 30.6 Å². The first kappa shape index (κ1) is 17.9. The SMILES string of the molecule is CN1CC2(CCC1=O)CCN(C(=O)c1ccc(S(C)(=O)=O)cc1)CC2. The molecule has 25 heavy (non-hydrogen) atoms. The van der Waals surface area contributed by atoms with Gasteiger partial charge >= 0.3 is 0 Å². The number of carbonyl (C=O) groups is 2. The first-order chi connectivity index (χ1) is 11.7. The molecule has 2 aliphatic rings. The van der Waals surface area contributed by atoms with E-state index in [9.17, 15) is 18.0 Å². The van der Waals surface area contributed by atoms with Gasteiger partial charge in [-0.2, -0.15) is 0 Å². The lowest BCUT2D eigenvalue weighted by atomic mass is 9.72. The number of hydrogen-bond donors (Lipinski definition) is 0. The number of benzene rings is 1. The Hall–Kier alpha value is -1.89. The number of piperidine rings is 2. The van der Waals surface area contributed by atoms with Crippen molar-refractivity contribution in [1.29, 1.82) is 0 Å². The number of amides is 2. The van der Waals surface area contributed by atoms with Gasteiger partial charge in [-0.05, 0) is 48.9 Å². The molecule has 1 aromatic carbocycles. The van der Waals surface area contributed by atoms with E-state index in [0.29, 0.717) is 25.1 Å². The first-order valence-electron chi connectivity index (χ1n) is 8.54. The van der Waals surface area contributed by atoms with Gasteiger partial charge in [0.15, 0.2) is 9.84 Å². The third-order valence-electron chi connectivity index (χ3n) is 5.51. The van der Waals surface area contributed by atoms with Gasteiger partial charge in [0, 0.05) is 44.9 Å². The minimum atomic E-state index is -3.26. The molecule has 3 rings (SSSR count). The van der Waals surface area contributed by atoms with Crippen LogP contribution < -0.4 is 0 Å². The van der Waals surface area contributed by atoms with Crippen molar-refractivity contribution in [3.05, 3.63) is 29.8 Å². The normalized spacial score (nSPS) is 20.8. The summed E-state index contributed by atoms with van der Waals surface area (Å²) in [6.45, 7) is 2.13. The highest BCUT2D eigenvalue weighted by Gasteiger charge is 2.40. The van der Waals surface area contributed by atoms with Gasteiger partial charge in [-0.1, -0.05) is 0 Å². The zero-order valence-electron chi connectivity index (χ0n) is 14.7. The van der Waals surface area contributed by atoms with Crippen LogP contribution in [0, 0.1) is 5.41 Å². The largest absolute Gasteiger partial charge is 0.345 e. The summed E-state index contributed by atoms with van der Waals surface area (Å²) in [6.07, 6.45) is 4.45. The summed E-state index contributed by atoms with van der Waals surface area (Å²) in [7, 11) is -1.40. The Morgan fingerprint density at radius 1 is 1.08 bits per heavy atom. The van der Waals surface area contributed by atoms with Gasteiger partial charge in [0.2, 0.25) is 5.91 Å². The summed E-state index contributed by atoms with van der Waals surface area (Å²) in [5.74, 6) is 0.144. The molecule has 7 heteroatoms. The van der Waals surface area contributed by atoms with Gasteiger partial charge in [-0.3, -0.25) is 9.59 Å². The van der Waals surface area contributed by atoms with Crippen LogP contribution >= 0.6 is 0 Å². The molecule has 2 saturated heterocycles. The number of likely N-dealkylation sites (tertiary alicyclic amines) is 2. The Morgan fingerprint density at radius 3 is 2.20 bits per heavy atom. The average Bonchev–Trinajstić information content (AvgIpc) is 2.58. The smallest absolute Gasteiger partial charge is 0.253 e. The summed E-state index contributed by atoms with van der Waals surface area (Å²) in [4.78, 5) is 28.2. The molecule has 0 N–H and O–H groups in total. The van der Waals surface area contributed by atoms with Crippen LogP contribution in [0.25, 0.3) is 0 Å². The van der Waals surface area contributed by atoms with E-state index in [1.54, 1.807) is 12.1 Å². The van der Waals surface area contributed by atoms with Gasteiger partial charge in [-0.15, -0.1) is 0 Å². The maximum Gasteiger partial charge on any atom is 0.253 e. The fraction of sp³-hybridized carbons (Fsp3) is 0.556. The van der Waals surface area contributed by atoms with E-state index in [0.717, 1.165) is 32.1 Å². The van der Waals surface area contributed by atoms with Crippen molar-refractivity contribution in [1.82, 2.24) is 9.80 Å². The Bertz CT molecular complexity index is 778. The molecule has 0 atom stereocenters. The van der Waals surface area contributed by atoms with Crippen molar-refractivity contribution in [2.75, 3.05) is 32.9 Å². The standard InChI is InChI=1S/C18H24N2O4S/c1-19-13-18(8-7-16(19)21)9-11-20(12-10-18)17(22)14-3-5-15(6-4-14)25(2,23)24/h3-6H,7-13H2,1-2H3. The van der Waals surface area contributed by atoms with Gasteiger partial charge in [0.05, 0.1) is 4.90 Å². The highest BCUT2D eigenvalue weighted by molar-refractivity contribution is 7.90. The van der Waals surface area contributed by atoms with Gasteiger partial charge in [0.1, 0.15) is 0 Å². The van der Waals surface area contributed by atoms with Crippen LogP contribution in [0.5, 0.6) is 0 Å². The predicted octanol–water partition coefficient (Wildman–Crippen LogP) is 1.56. The predicted molar refractivity (Wildman–Crippen MR) is 94.0 cm³/mol. The Kier molecular flexibility index (Phi) is 4.62. The van der Waals surface area contributed by atoms with Crippen LogP contribution in [0.2, 0.25) is 0 Å². The number of sulfone groups is 1. The van der Waals surface area contributed by atoms with Crippen molar-refractivity contribution in [3.63, 3.8) is 0 Å². The molecule has 6 nitrogen and oxygen atoms in total. The molecule has 136 valence electrons. The molecule has 2 fully saturated rings. The lowest BCUT2D eigenvalue weighted by Gasteiger charge is -2.46. The quantitative estimate of drug-likeness (QED) is 0.798. The number of rotatable bonds is 2. The molecule has 2 aliphatic heterocycles. The number of hydrogen-bond acceptors (Lipinski definition) is 4. The first-order valence-corrected chi connectivity index (χ1v) is 10.4. The van der Waals surface area contributed by atoms with Crippen LogP contribution in [0.1, 0.15) is 36.0 Å². The van der Waals surface area contributed by atoms with Crippen molar-refractivity contribution >= 4 is 21.7 Å². The lowest BCUT2D eigenvalue weighted by Crippen LogP contribution is -2.51. The molecular formula is C18H24N2O4S. The summed E-state index contributed by atoms with van der Waals surface area (Å²) in [5, 5.41) is 0. The summed E-state index contributed by atoms with van der Waals surface area (Å²) >= 11 is 0. The maximum absolute atomic E-state index is 12.7. The third-order valence-corrected chi connectivity index (χ3v) is 6.64. The second-order valence-electron chi connectivity index (χ2n) is 7.34. The highest BCUT2D eigenvalue weighted by atomic mass is 32.2. The number of carbonyl (C=O) groups excluding carboxylic acids is 2. The molecule has 0 saturated carbocycles. The lowest BCUT2D eigenvalue weighted by molar-refractivity contribution is -0.137. The Labute approximate surface area is 148 Å². The molecular weight excluding hydrogens is 340 g/mol. The molecule has 0 unspecified atom stereocenters. The average molecular weight is 364 g/mol. The van der Waals surface area contributed by atoms with Gasteiger partial charge in [-0.25, -0.2) is 8.42 Å². The molecule has 0 aromatic heterocycles. The Balaban J connectivity index is 1.65. The fourth-order valence-corrected chi connectivity index (χ4v) is 4.48. The summed E-state index contributed by atoms with van der Waals surface area (Å²) < 4.78 is 23.0. The van der Waals surface area contributed by atoms with E-state index in [-0.39, 0.29) is 22.1 Å². The molecule has 1 spiro atoms. The van der Waals surface area contributed by atoms with E-state index in [1.165, 1.54) is 12.1 Å². The Morgan fingerprint density at radius 2 is 1.68 bits per heavy atom. The van der Waals surface area contributed by atoms with E-state index in [2.05, 4.69) is 0 Å². The van der Waals surface area contributed by atoms with E-state index in [1.807, 2.05) is 16.8 Å². The van der Waals surface area contributed by atoms with Crippen LogP contribution in [0.3, 0.4) is 0 Å². The highest BCUT2D eigenvalue weighted by Crippen LogP contribution is 2.40. The maximum atomic E-state index is 12.7. The van der Waals surface area contributed by atoms with Crippen LogP contribution in [-0.4, -0.2) is 63.0 Å². The van der Waals surface area contributed by atoms with Crippen LogP contribution in [-0.2, 0) is 14.6 Å². The zero-order chi connectivity index (χ0) is 18.2. The molecule has 2 amide bonds. The summed E-state index contributed by atoms with van der Waals surface area (Å²) in [5.41, 5.74) is 0.652. The van der Waals surface area contributed by atoms with Crippen molar-refractivity contribution in [2.24, 2.45) is 5.41 Å². The van der Waals surface area contributed by atoms with Crippen LogP contribution in [0.4, 0.5) is 0 Å². The van der Waals surface area contributed by atoms with Gasteiger partial charge in [0.25, 0.3) is 5.91 Å². The van der Waals surface area contributed by atoms with Crippen molar-refractivity contribution < 1.29 is 18.0 Å². The number of nitrogens with zero attached hydrogens (tertiary/aromatic N) is 2. The molecule has 1 aromatic rings. The summed E-state index contributed by atoms with van der Waals surface area (Å²) in [6, 6.07) is 6.12. The second-order valence-corrected chi connectivity index (χ2v) is 9.35. The van der Waals surface area contributed by atoms with E-state index < -0.39 is 9.84 Å². The topological polar surface area (TPSA) is 74.8 Å². The monoisotopic (exact) mass is 364 g/mol. The fourth-order valence-electron chi connectivity index (χ4n) is 3.85. The minimum absolute atomic E-state index is 0.0601. The second kappa shape index (κ2) is 6.44. The molecule has 2 heterocycles. The third kappa shape index (κ3) is 3.71. The molecule has 0 aliphatic carbocycles. The molecule has 0 radical (unpaired) electrons. The molecule has 0 bridgehead atoms. The van der Waals surface area contributed by atoms with Crippen molar-refractivity contribution in [3.8, 4) is 0 Å². The van der Waals surface area contributed by atoms with Crippen LogP contribution in [0.15, 0.2) is 29.2 Å². The van der Waals surface area contributed by atoms with E-state index in [4.69, 9.17) is 0 Å². The zero-order valence-corrected chi connectivity index (χ0v) is 15.5. The van der Waals surface area contributed by atoms with Gasteiger partial charge < -0.3 is 9.80 Å². The minimum Gasteiger partial charge on any atom is -0.345 e.